The molecule has 0 saturated carbocycles. The van der Waals surface area contributed by atoms with E-state index in [1.165, 1.54) is 12.1 Å². The van der Waals surface area contributed by atoms with Gasteiger partial charge in [0.25, 0.3) is 0 Å². The Kier molecular flexibility index (Phi) is 4.81. The Hall–Kier alpha value is -0.690. The van der Waals surface area contributed by atoms with Crippen molar-refractivity contribution in [2.45, 2.75) is 26.7 Å². The number of nitrogens with one attached hydrogen (secondary N) is 1. The van der Waals surface area contributed by atoms with Crippen molar-refractivity contribution in [1.29, 1.82) is 0 Å². The third-order valence-electron chi connectivity index (χ3n) is 2.42. The second kappa shape index (κ2) is 5.92. The molecule has 1 aliphatic carbocycles. The van der Waals surface area contributed by atoms with E-state index in [0.29, 0.717) is 5.92 Å². The van der Waals surface area contributed by atoms with Crippen LogP contribution < -0.4 is 5.32 Å². The zero-order valence-electron chi connectivity index (χ0n) is 8.89. The van der Waals surface area contributed by atoms with Crippen LogP contribution in [0.5, 0.6) is 0 Å². The molecule has 0 radical (unpaired) electrons. The van der Waals surface area contributed by atoms with Crippen LogP contribution in [0.4, 0.5) is 0 Å². The molecule has 0 aliphatic heterocycles. The van der Waals surface area contributed by atoms with Crippen LogP contribution in [-0.4, -0.2) is 6.54 Å². The molecule has 0 heterocycles. The maximum Gasteiger partial charge on any atom is 0.0423 e. The minimum Gasteiger partial charge on any atom is -0.388 e. The lowest BCUT2D eigenvalue weighted by Gasteiger charge is -2.13. The van der Waals surface area contributed by atoms with Crippen LogP contribution in [0.15, 0.2) is 35.0 Å². The van der Waals surface area contributed by atoms with E-state index in [2.05, 4.69) is 25.2 Å². The van der Waals surface area contributed by atoms with Gasteiger partial charge in [0.2, 0.25) is 0 Å². The van der Waals surface area contributed by atoms with Crippen LogP contribution >= 0.6 is 11.6 Å². The van der Waals surface area contributed by atoms with Gasteiger partial charge in [0.15, 0.2) is 0 Å². The first kappa shape index (κ1) is 11.4. The standard InChI is InChI=1S/C12H18ClN/c1-3-10(2)9-14-12-7-5-4-6-11(13)8-12/h4-6,8,10,14H,3,7,9H2,1-2H3. The number of halogens is 1. The fraction of sp³-hybridized carbons (Fsp3) is 0.500. The second-order valence-electron chi connectivity index (χ2n) is 3.75. The smallest absolute Gasteiger partial charge is 0.0423 e. The van der Waals surface area contributed by atoms with E-state index in [4.69, 9.17) is 11.6 Å². The molecule has 1 rings (SSSR count). The van der Waals surface area contributed by atoms with Gasteiger partial charge in [-0.25, -0.2) is 0 Å². The molecule has 1 aliphatic rings. The summed E-state index contributed by atoms with van der Waals surface area (Å²) in [6.45, 7) is 5.48. The van der Waals surface area contributed by atoms with Crippen LogP contribution in [0.1, 0.15) is 26.7 Å². The summed E-state index contributed by atoms with van der Waals surface area (Å²) in [7, 11) is 0. The lowest BCUT2D eigenvalue weighted by molar-refractivity contribution is 0.527. The first-order valence-electron chi connectivity index (χ1n) is 5.19. The highest BCUT2D eigenvalue weighted by atomic mass is 35.5. The Morgan fingerprint density at radius 3 is 3.07 bits per heavy atom. The van der Waals surface area contributed by atoms with Crippen LogP contribution in [0.2, 0.25) is 0 Å². The molecule has 0 amide bonds. The molecule has 1 unspecified atom stereocenters. The van der Waals surface area contributed by atoms with E-state index in [1.807, 2.05) is 18.2 Å². The van der Waals surface area contributed by atoms with Gasteiger partial charge in [0.1, 0.15) is 0 Å². The molecule has 2 heteroatoms. The molecule has 1 atom stereocenters. The zero-order valence-corrected chi connectivity index (χ0v) is 9.64. The number of rotatable bonds is 4. The van der Waals surface area contributed by atoms with Crippen molar-refractivity contribution >= 4 is 11.6 Å². The maximum absolute atomic E-state index is 5.96. The number of hydrogen-bond acceptors (Lipinski definition) is 1. The summed E-state index contributed by atoms with van der Waals surface area (Å²) < 4.78 is 0. The molecule has 0 aromatic carbocycles. The van der Waals surface area contributed by atoms with E-state index in [0.717, 1.165) is 18.0 Å². The summed E-state index contributed by atoms with van der Waals surface area (Å²) in [6, 6.07) is 0. The third-order valence-corrected chi connectivity index (χ3v) is 2.65. The summed E-state index contributed by atoms with van der Waals surface area (Å²) in [5.41, 5.74) is 1.21. The predicted octanol–water partition coefficient (Wildman–Crippen LogP) is 3.59. The Morgan fingerprint density at radius 2 is 2.36 bits per heavy atom. The van der Waals surface area contributed by atoms with Crippen LogP contribution in [0, 0.1) is 5.92 Å². The van der Waals surface area contributed by atoms with Gasteiger partial charge in [-0.2, -0.15) is 0 Å². The highest BCUT2D eigenvalue weighted by Crippen LogP contribution is 2.13. The molecule has 0 aromatic rings. The van der Waals surface area contributed by atoms with E-state index in [9.17, 15) is 0 Å². The molecule has 14 heavy (non-hydrogen) atoms. The van der Waals surface area contributed by atoms with Crippen LogP contribution in [0.25, 0.3) is 0 Å². The lowest BCUT2D eigenvalue weighted by atomic mass is 10.1. The largest absolute Gasteiger partial charge is 0.388 e. The molecule has 78 valence electrons. The van der Waals surface area contributed by atoms with Gasteiger partial charge in [-0.1, -0.05) is 44.0 Å². The highest BCUT2D eigenvalue weighted by molar-refractivity contribution is 6.31. The van der Waals surface area contributed by atoms with Crippen molar-refractivity contribution in [2.24, 2.45) is 5.92 Å². The quantitative estimate of drug-likeness (QED) is 0.750. The summed E-state index contributed by atoms with van der Waals surface area (Å²) in [6.07, 6.45) is 10.2. The van der Waals surface area contributed by atoms with Crippen LogP contribution in [0.3, 0.4) is 0 Å². The van der Waals surface area contributed by atoms with Crippen molar-refractivity contribution in [2.75, 3.05) is 6.54 Å². The van der Waals surface area contributed by atoms with E-state index < -0.39 is 0 Å². The van der Waals surface area contributed by atoms with E-state index >= 15 is 0 Å². The summed E-state index contributed by atoms with van der Waals surface area (Å²) in [4.78, 5) is 0. The minimum absolute atomic E-state index is 0.714. The second-order valence-corrected chi connectivity index (χ2v) is 4.18. The van der Waals surface area contributed by atoms with E-state index in [-0.39, 0.29) is 0 Å². The fourth-order valence-electron chi connectivity index (χ4n) is 1.20. The maximum atomic E-state index is 5.96. The fourth-order valence-corrected chi connectivity index (χ4v) is 1.41. The Labute approximate surface area is 91.5 Å². The highest BCUT2D eigenvalue weighted by Gasteiger charge is 2.01. The normalized spacial score (nSPS) is 18.2. The molecule has 1 nitrogen and oxygen atoms in total. The molecular formula is C12H18ClN. The zero-order chi connectivity index (χ0) is 10.4. The first-order chi connectivity index (χ1) is 6.72. The van der Waals surface area contributed by atoms with Gasteiger partial charge in [0.05, 0.1) is 0 Å². The average molecular weight is 212 g/mol. The Bertz CT molecular complexity index is 263. The molecule has 0 saturated heterocycles. The molecule has 0 fully saturated rings. The molecular weight excluding hydrogens is 194 g/mol. The minimum atomic E-state index is 0.714. The summed E-state index contributed by atoms with van der Waals surface area (Å²) >= 11 is 5.96. The Morgan fingerprint density at radius 1 is 1.57 bits per heavy atom. The number of allylic oxidation sites excluding steroid dienone is 5. The van der Waals surface area contributed by atoms with Crippen molar-refractivity contribution in [3.8, 4) is 0 Å². The van der Waals surface area contributed by atoms with Gasteiger partial charge in [0, 0.05) is 23.7 Å². The van der Waals surface area contributed by atoms with Gasteiger partial charge in [-0.15, -0.1) is 0 Å². The van der Waals surface area contributed by atoms with Crippen molar-refractivity contribution in [3.05, 3.63) is 35.0 Å². The topological polar surface area (TPSA) is 12.0 Å². The van der Waals surface area contributed by atoms with Gasteiger partial charge >= 0.3 is 0 Å². The Balaban J connectivity index is 2.45. The van der Waals surface area contributed by atoms with Gasteiger partial charge in [-0.3, -0.25) is 0 Å². The van der Waals surface area contributed by atoms with Crippen molar-refractivity contribution in [3.63, 3.8) is 0 Å². The average Bonchev–Trinajstić information content (AvgIpc) is 2.39. The summed E-state index contributed by atoms with van der Waals surface area (Å²) in [5.74, 6) is 0.714. The summed E-state index contributed by atoms with van der Waals surface area (Å²) in [5, 5.41) is 4.22. The molecule has 0 spiro atoms. The first-order valence-corrected chi connectivity index (χ1v) is 5.57. The van der Waals surface area contributed by atoms with Crippen molar-refractivity contribution < 1.29 is 0 Å². The van der Waals surface area contributed by atoms with E-state index in [1.54, 1.807) is 0 Å². The lowest BCUT2D eigenvalue weighted by Crippen LogP contribution is -2.20. The van der Waals surface area contributed by atoms with Crippen LogP contribution in [-0.2, 0) is 0 Å². The predicted molar refractivity (Wildman–Crippen MR) is 63.2 cm³/mol. The number of hydrogen-bond donors (Lipinski definition) is 1. The SMILES string of the molecule is CCC(C)CNC1=CC(Cl)=CC=CC1. The van der Waals surface area contributed by atoms with Gasteiger partial charge in [-0.05, 0) is 18.1 Å². The van der Waals surface area contributed by atoms with Crippen molar-refractivity contribution in [1.82, 2.24) is 5.32 Å². The molecule has 1 N–H and O–H groups in total. The van der Waals surface area contributed by atoms with Gasteiger partial charge < -0.3 is 5.32 Å². The third kappa shape index (κ3) is 4.01. The molecule has 0 aromatic heterocycles. The monoisotopic (exact) mass is 211 g/mol. The molecule has 0 bridgehead atoms.